The Morgan fingerprint density at radius 3 is 2.82 bits per heavy atom. The Bertz CT molecular complexity index is 531. The maximum Gasteiger partial charge on any atom is 0.143 e. The molecule has 0 saturated heterocycles. The monoisotopic (exact) mass is 229 g/mol. The van der Waals surface area contributed by atoms with E-state index in [0.29, 0.717) is 12.8 Å². The highest BCUT2D eigenvalue weighted by Gasteiger charge is 2.07. The third-order valence-corrected chi connectivity index (χ3v) is 2.51. The van der Waals surface area contributed by atoms with E-state index < -0.39 is 0 Å². The fraction of sp³-hybridized carbons (Fsp3) is 0.308. The molecule has 1 aromatic heterocycles. The Morgan fingerprint density at radius 2 is 2.18 bits per heavy atom. The quantitative estimate of drug-likeness (QED) is 0.797. The second-order valence-corrected chi connectivity index (χ2v) is 4.26. The van der Waals surface area contributed by atoms with Crippen LogP contribution in [0.15, 0.2) is 30.5 Å². The first-order valence-corrected chi connectivity index (χ1v) is 5.56. The molecule has 2 aromatic rings. The number of carbonyl (C=O) groups is 1. The summed E-state index contributed by atoms with van der Waals surface area (Å²) in [5.74, 6) is 0.163. The number of carbonyl (C=O) groups excluding carboxylic acids is 1. The Balaban J connectivity index is 1.98. The van der Waals surface area contributed by atoms with Gasteiger partial charge in [-0.05, 0) is 12.5 Å². The van der Waals surface area contributed by atoms with Crippen LogP contribution in [-0.2, 0) is 24.7 Å². The molecule has 4 nitrogen and oxygen atoms in total. The minimum Gasteiger partial charge on any atom is -0.299 e. The largest absolute Gasteiger partial charge is 0.299 e. The average molecular weight is 229 g/mol. The summed E-state index contributed by atoms with van der Waals surface area (Å²) in [6, 6.07) is 8.01. The molecule has 4 heteroatoms. The van der Waals surface area contributed by atoms with Gasteiger partial charge in [0.1, 0.15) is 5.78 Å². The maximum atomic E-state index is 11.8. The summed E-state index contributed by atoms with van der Waals surface area (Å²) >= 11 is 0. The van der Waals surface area contributed by atoms with Crippen LogP contribution in [-0.4, -0.2) is 20.8 Å². The van der Waals surface area contributed by atoms with Crippen LogP contribution in [0.3, 0.4) is 0 Å². The summed E-state index contributed by atoms with van der Waals surface area (Å²) in [5.41, 5.74) is 2.96. The van der Waals surface area contributed by atoms with Gasteiger partial charge in [-0.2, -0.15) is 0 Å². The van der Waals surface area contributed by atoms with Gasteiger partial charge in [0, 0.05) is 19.7 Å². The number of ketones is 1. The van der Waals surface area contributed by atoms with Crippen LogP contribution in [0.4, 0.5) is 0 Å². The zero-order valence-electron chi connectivity index (χ0n) is 10.1. The van der Waals surface area contributed by atoms with E-state index in [2.05, 4.69) is 10.3 Å². The summed E-state index contributed by atoms with van der Waals surface area (Å²) in [4.78, 5) is 11.8. The Hall–Kier alpha value is -1.97. The van der Waals surface area contributed by atoms with Crippen molar-refractivity contribution >= 4 is 5.78 Å². The number of hydrogen-bond donors (Lipinski definition) is 0. The summed E-state index contributed by atoms with van der Waals surface area (Å²) in [6.45, 7) is 2.02. The maximum absolute atomic E-state index is 11.8. The molecule has 0 fully saturated rings. The van der Waals surface area contributed by atoms with Gasteiger partial charge in [0.05, 0.1) is 12.1 Å². The summed E-state index contributed by atoms with van der Waals surface area (Å²) < 4.78 is 1.61. The molecular formula is C13H15N3O. The molecule has 0 spiro atoms. The van der Waals surface area contributed by atoms with Gasteiger partial charge in [-0.1, -0.05) is 35.0 Å². The molecule has 0 atom stereocenters. The van der Waals surface area contributed by atoms with Crippen molar-refractivity contribution in [1.29, 1.82) is 0 Å². The van der Waals surface area contributed by atoms with Gasteiger partial charge >= 0.3 is 0 Å². The molecule has 0 saturated carbocycles. The van der Waals surface area contributed by atoms with Crippen molar-refractivity contribution in [1.82, 2.24) is 15.0 Å². The summed E-state index contributed by atoms with van der Waals surface area (Å²) in [5, 5.41) is 7.71. The lowest BCUT2D eigenvalue weighted by molar-refractivity contribution is -0.117. The van der Waals surface area contributed by atoms with Gasteiger partial charge < -0.3 is 0 Å². The molecular weight excluding hydrogens is 214 g/mol. The molecule has 0 bridgehead atoms. The van der Waals surface area contributed by atoms with Crippen molar-refractivity contribution in [2.75, 3.05) is 0 Å². The van der Waals surface area contributed by atoms with Crippen molar-refractivity contribution in [3.05, 3.63) is 47.3 Å². The minimum absolute atomic E-state index is 0.163. The van der Waals surface area contributed by atoms with E-state index >= 15 is 0 Å². The second-order valence-electron chi connectivity index (χ2n) is 4.26. The molecule has 0 aliphatic carbocycles. The third-order valence-electron chi connectivity index (χ3n) is 2.51. The predicted molar refractivity (Wildman–Crippen MR) is 64.6 cm³/mol. The van der Waals surface area contributed by atoms with Crippen LogP contribution in [0.5, 0.6) is 0 Å². The molecule has 0 unspecified atom stereocenters. The fourth-order valence-corrected chi connectivity index (χ4v) is 1.79. The number of aryl methyl sites for hydroxylation is 2. The van der Waals surface area contributed by atoms with Crippen LogP contribution in [0.1, 0.15) is 16.8 Å². The number of hydrogen-bond acceptors (Lipinski definition) is 3. The molecule has 88 valence electrons. The number of benzene rings is 1. The van der Waals surface area contributed by atoms with Gasteiger partial charge in [0.15, 0.2) is 0 Å². The molecule has 2 rings (SSSR count). The lowest BCUT2D eigenvalue weighted by Gasteiger charge is -2.00. The number of nitrogens with zero attached hydrogens (tertiary/aromatic N) is 3. The van der Waals surface area contributed by atoms with Crippen LogP contribution in [0.25, 0.3) is 0 Å². The normalized spacial score (nSPS) is 10.5. The highest BCUT2D eigenvalue weighted by Crippen LogP contribution is 2.06. The van der Waals surface area contributed by atoms with Gasteiger partial charge in [-0.3, -0.25) is 9.48 Å². The average Bonchev–Trinajstić information content (AvgIpc) is 2.63. The van der Waals surface area contributed by atoms with E-state index in [0.717, 1.165) is 11.3 Å². The van der Waals surface area contributed by atoms with Gasteiger partial charge in [0.2, 0.25) is 0 Å². The lowest BCUT2D eigenvalue weighted by Crippen LogP contribution is -2.07. The zero-order chi connectivity index (χ0) is 12.3. The Morgan fingerprint density at radius 1 is 1.35 bits per heavy atom. The zero-order valence-corrected chi connectivity index (χ0v) is 10.1. The van der Waals surface area contributed by atoms with Crippen LogP contribution >= 0.6 is 0 Å². The first-order chi connectivity index (χ1) is 8.13. The standard InChI is InChI=1S/C13H15N3O/c1-10-4-3-5-11(6-10)7-13(17)8-12-9-16(2)15-14-12/h3-6,9H,7-8H2,1-2H3. The van der Waals surface area contributed by atoms with Crippen molar-refractivity contribution < 1.29 is 4.79 Å². The van der Waals surface area contributed by atoms with E-state index in [1.54, 1.807) is 17.9 Å². The fourth-order valence-electron chi connectivity index (χ4n) is 1.79. The number of Topliss-reactive ketones (excluding diaryl/α,β-unsaturated/α-hetero) is 1. The Kier molecular flexibility index (Phi) is 3.32. The number of aromatic nitrogens is 3. The summed E-state index contributed by atoms with van der Waals surface area (Å²) in [7, 11) is 1.79. The predicted octanol–water partition coefficient (Wildman–Crippen LogP) is 1.48. The molecule has 0 aliphatic heterocycles. The molecule has 17 heavy (non-hydrogen) atoms. The van der Waals surface area contributed by atoms with E-state index in [1.807, 2.05) is 31.2 Å². The lowest BCUT2D eigenvalue weighted by atomic mass is 10.0. The molecule has 0 N–H and O–H groups in total. The second kappa shape index (κ2) is 4.91. The van der Waals surface area contributed by atoms with Crippen LogP contribution in [0, 0.1) is 6.92 Å². The Labute approximate surface area is 100 Å². The highest BCUT2D eigenvalue weighted by atomic mass is 16.1. The van der Waals surface area contributed by atoms with Crippen molar-refractivity contribution in [2.24, 2.45) is 7.05 Å². The van der Waals surface area contributed by atoms with E-state index in [1.165, 1.54) is 5.56 Å². The van der Waals surface area contributed by atoms with Crippen LogP contribution < -0.4 is 0 Å². The third kappa shape index (κ3) is 3.24. The molecule has 0 amide bonds. The number of rotatable bonds is 4. The minimum atomic E-state index is 0.163. The molecule has 0 aliphatic rings. The molecule has 0 radical (unpaired) electrons. The SMILES string of the molecule is Cc1cccc(CC(=O)Cc2cn(C)nn2)c1. The first-order valence-electron chi connectivity index (χ1n) is 5.56. The van der Waals surface area contributed by atoms with Crippen LogP contribution in [0.2, 0.25) is 0 Å². The van der Waals surface area contributed by atoms with E-state index in [9.17, 15) is 4.79 Å². The first kappa shape index (κ1) is 11.5. The van der Waals surface area contributed by atoms with Gasteiger partial charge in [-0.15, -0.1) is 5.10 Å². The molecule has 1 heterocycles. The summed E-state index contributed by atoms with van der Waals surface area (Å²) in [6.07, 6.45) is 2.58. The topological polar surface area (TPSA) is 47.8 Å². The molecule has 1 aromatic carbocycles. The van der Waals surface area contributed by atoms with Crippen molar-refractivity contribution in [2.45, 2.75) is 19.8 Å². The van der Waals surface area contributed by atoms with Gasteiger partial charge in [-0.25, -0.2) is 0 Å². The highest BCUT2D eigenvalue weighted by molar-refractivity contribution is 5.82. The van der Waals surface area contributed by atoms with Gasteiger partial charge in [0.25, 0.3) is 0 Å². The smallest absolute Gasteiger partial charge is 0.143 e. The van der Waals surface area contributed by atoms with Crippen molar-refractivity contribution in [3.63, 3.8) is 0 Å². The van der Waals surface area contributed by atoms with E-state index in [-0.39, 0.29) is 5.78 Å². The van der Waals surface area contributed by atoms with Crippen molar-refractivity contribution in [3.8, 4) is 0 Å². The van der Waals surface area contributed by atoms with E-state index in [4.69, 9.17) is 0 Å².